The number of nitrogens with two attached hydrogens (primary N) is 2. The molecule has 22 heavy (non-hydrogen) atoms. The quantitative estimate of drug-likeness (QED) is 0.516. The Bertz CT molecular complexity index is 954. The molecule has 1 aromatic carbocycles. The molecule has 0 bridgehead atoms. The van der Waals surface area contributed by atoms with Gasteiger partial charge in [0.25, 0.3) is 0 Å². The van der Waals surface area contributed by atoms with Crippen molar-refractivity contribution in [2.45, 2.75) is 6.54 Å². The lowest BCUT2D eigenvalue weighted by Gasteiger charge is -2.03. The summed E-state index contributed by atoms with van der Waals surface area (Å²) in [7, 11) is 0. The zero-order chi connectivity index (χ0) is 15.1. The molecule has 3 aromatic heterocycles. The van der Waals surface area contributed by atoms with Crippen LogP contribution >= 0.6 is 0 Å². The van der Waals surface area contributed by atoms with Crippen LogP contribution in [0.3, 0.4) is 0 Å². The largest absolute Gasteiger partial charge is 0.382 e. The van der Waals surface area contributed by atoms with Gasteiger partial charge in [-0.15, -0.1) is 5.10 Å². The number of aromatic amines is 1. The fourth-order valence-corrected chi connectivity index (χ4v) is 2.51. The van der Waals surface area contributed by atoms with E-state index in [1.54, 1.807) is 11.0 Å². The summed E-state index contributed by atoms with van der Waals surface area (Å²) >= 11 is 0. The van der Waals surface area contributed by atoms with Gasteiger partial charge in [-0.25, -0.2) is 4.98 Å². The van der Waals surface area contributed by atoms with Crippen LogP contribution in [0.25, 0.3) is 33.2 Å². The van der Waals surface area contributed by atoms with Crippen LogP contribution < -0.4 is 11.5 Å². The number of hydrogen-bond acceptors (Lipinski definition) is 6. The first-order chi connectivity index (χ1) is 10.8. The predicted octanol–water partition coefficient (Wildman–Crippen LogP) is 0.910. The molecular weight excluding hydrogens is 280 g/mol. The van der Waals surface area contributed by atoms with E-state index in [0.29, 0.717) is 24.4 Å². The summed E-state index contributed by atoms with van der Waals surface area (Å²) in [5.41, 5.74) is 15.6. The second kappa shape index (κ2) is 4.78. The van der Waals surface area contributed by atoms with Crippen LogP contribution in [0.5, 0.6) is 0 Å². The van der Waals surface area contributed by atoms with Crippen LogP contribution in [-0.4, -0.2) is 36.7 Å². The highest BCUT2D eigenvalue weighted by molar-refractivity contribution is 6.06. The molecule has 0 aliphatic heterocycles. The highest BCUT2D eigenvalue weighted by atomic mass is 15.5. The van der Waals surface area contributed by atoms with Crippen molar-refractivity contribution >= 4 is 27.8 Å². The van der Waals surface area contributed by atoms with Gasteiger partial charge >= 0.3 is 0 Å². The zero-order valence-electron chi connectivity index (χ0n) is 11.7. The number of nitrogen functional groups attached to an aromatic ring is 1. The average molecular weight is 294 g/mol. The SMILES string of the molecule is NCCn1nc2c(N)nc3cc(-c4ccn[nH]4)ccc3c2n1. The van der Waals surface area contributed by atoms with Gasteiger partial charge in [-0.2, -0.15) is 15.0 Å². The van der Waals surface area contributed by atoms with Gasteiger partial charge in [0.15, 0.2) is 11.3 Å². The van der Waals surface area contributed by atoms with Gasteiger partial charge in [0, 0.05) is 23.7 Å². The fourth-order valence-electron chi connectivity index (χ4n) is 2.51. The number of nitrogens with one attached hydrogen (secondary N) is 1. The van der Waals surface area contributed by atoms with Crippen molar-refractivity contribution in [3.05, 3.63) is 30.5 Å². The third-order valence-corrected chi connectivity index (χ3v) is 3.53. The second-order valence-corrected chi connectivity index (χ2v) is 4.98. The first-order valence-electron chi connectivity index (χ1n) is 6.90. The first-order valence-corrected chi connectivity index (χ1v) is 6.90. The van der Waals surface area contributed by atoms with Crippen LogP contribution in [0.15, 0.2) is 30.5 Å². The lowest BCUT2D eigenvalue weighted by Crippen LogP contribution is -2.12. The Labute approximate surface area is 125 Å². The molecule has 3 heterocycles. The number of H-pyrrole nitrogens is 1. The lowest BCUT2D eigenvalue weighted by molar-refractivity contribution is 0.553. The molecule has 0 saturated carbocycles. The minimum absolute atomic E-state index is 0.368. The molecule has 0 radical (unpaired) electrons. The maximum atomic E-state index is 6.02. The number of nitrogens with zero attached hydrogens (tertiary/aromatic N) is 5. The normalized spacial score (nSPS) is 11.5. The molecule has 5 N–H and O–H groups in total. The highest BCUT2D eigenvalue weighted by Crippen LogP contribution is 2.28. The summed E-state index contributed by atoms with van der Waals surface area (Å²) in [6.45, 7) is 1.01. The standard InChI is InChI=1S/C14H14N8/c15-4-6-22-20-12-9-2-1-8(10-3-5-17-19-10)7-11(9)18-14(16)13(12)21-22/h1-3,5,7H,4,6,15H2,(H2,16,18)(H,17,19). The van der Waals surface area contributed by atoms with Gasteiger partial charge in [0.2, 0.25) is 0 Å². The molecule has 8 heteroatoms. The topological polar surface area (TPSA) is 124 Å². The zero-order valence-corrected chi connectivity index (χ0v) is 11.7. The molecule has 0 spiro atoms. The van der Waals surface area contributed by atoms with Crippen LogP contribution in [0.2, 0.25) is 0 Å². The molecule has 8 nitrogen and oxygen atoms in total. The van der Waals surface area contributed by atoms with Crippen LogP contribution in [-0.2, 0) is 6.54 Å². The molecule has 0 saturated heterocycles. The van der Waals surface area contributed by atoms with Crippen molar-refractivity contribution in [1.82, 2.24) is 30.2 Å². The van der Waals surface area contributed by atoms with E-state index in [-0.39, 0.29) is 0 Å². The molecule has 0 aliphatic carbocycles. The average Bonchev–Trinajstić information content (AvgIpc) is 3.17. The number of rotatable bonds is 3. The van der Waals surface area contributed by atoms with E-state index in [1.807, 2.05) is 24.3 Å². The van der Waals surface area contributed by atoms with Crippen molar-refractivity contribution in [2.75, 3.05) is 12.3 Å². The molecule has 0 atom stereocenters. The van der Waals surface area contributed by atoms with E-state index in [0.717, 1.165) is 27.7 Å². The number of fused-ring (bicyclic) bond motifs is 3. The maximum absolute atomic E-state index is 6.02. The van der Waals surface area contributed by atoms with E-state index in [9.17, 15) is 0 Å². The predicted molar refractivity (Wildman–Crippen MR) is 83.9 cm³/mol. The Morgan fingerprint density at radius 2 is 2.00 bits per heavy atom. The summed E-state index contributed by atoms with van der Waals surface area (Å²) < 4.78 is 0. The molecule has 0 amide bonds. The van der Waals surface area contributed by atoms with Gasteiger partial charge in [0.05, 0.1) is 17.8 Å². The Hall–Kier alpha value is -3.00. The molecule has 0 fully saturated rings. The molecule has 110 valence electrons. The van der Waals surface area contributed by atoms with Gasteiger partial charge in [0.1, 0.15) is 5.52 Å². The van der Waals surface area contributed by atoms with Gasteiger partial charge in [-0.3, -0.25) is 5.10 Å². The molecular formula is C14H14N8. The summed E-state index contributed by atoms with van der Waals surface area (Å²) in [6.07, 6.45) is 1.71. The van der Waals surface area contributed by atoms with E-state index < -0.39 is 0 Å². The molecule has 4 aromatic rings. The minimum Gasteiger partial charge on any atom is -0.382 e. The molecule has 4 rings (SSSR count). The molecule has 0 aliphatic rings. The number of anilines is 1. The second-order valence-electron chi connectivity index (χ2n) is 4.98. The smallest absolute Gasteiger partial charge is 0.155 e. The summed E-state index contributed by atoms with van der Waals surface area (Å²) in [6, 6.07) is 7.83. The third-order valence-electron chi connectivity index (χ3n) is 3.53. The Morgan fingerprint density at radius 3 is 2.77 bits per heavy atom. The number of benzene rings is 1. The minimum atomic E-state index is 0.368. The summed E-state index contributed by atoms with van der Waals surface area (Å²) in [5.74, 6) is 0.368. The van der Waals surface area contributed by atoms with E-state index in [1.165, 1.54) is 0 Å². The van der Waals surface area contributed by atoms with Crippen molar-refractivity contribution in [2.24, 2.45) is 5.73 Å². The highest BCUT2D eigenvalue weighted by Gasteiger charge is 2.13. The monoisotopic (exact) mass is 294 g/mol. The van der Waals surface area contributed by atoms with Gasteiger partial charge in [-0.1, -0.05) is 6.07 Å². The van der Waals surface area contributed by atoms with Crippen LogP contribution in [0.4, 0.5) is 5.82 Å². The number of aromatic nitrogens is 6. The van der Waals surface area contributed by atoms with E-state index >= 15 is 0 Å². The van der Waals surface area contributed by atoms with Crippen molar-refractivity contribution < 1.29 is 0 Å². The van der Waals surface area contributed by atoms with Crippen molar-refractivity contribution in [3.63, 3.8) is 0 Å². The maximum Gasteiger partial charge on any atom is 0.155 e. The van der Waals surface area contributed by atoms with E-state index in [2.05, 4.69) is 25.4 Å². The number of pyridine rings is 1. The Balaban J connectivity index is 1.96. The summed E-state index contributed by atoms with van der Waals surface area (Å²) in [5, 5.41) is 16.6. The van der Waals surface area contributed by atoms with Gasteiger partial charge < -0.3 is 11.5 Å². The lowest BCUT2D eigenvalue weighted by atomic mass is 10.1. The van der Waals surface area contributed by atoms with Gasteiger partial charge in [-0.05, 0) is 18.2 Å². The summed E-state index contributed by atoms with van der Waals surface area (Å²) in [4.78, 5) is 6.00. The third kappa shape index (κ3) is 1.89. The Morgan fingerprint density at radius 1 is 1.14 bits per heavy atom. The van der Waals surface area contributed by atoms with E-state index in [4.69, 9.17) is 11.5 Å². The molecule has 0 unspecified atom stereocenters. The van der Waals surface area contributed by atoms with Crippen molar-refractivity contribution in [3.8, 4) is 11.3 Å². The van der Waals surface area contributed by atoms with Crippen LogP contribution in [0, 0.1) is 0 Å². The number of hydrogen-bond donors (Lipinski definition) is 3. The fraction of sp³-hybridized carbons (Fsp3) is 0.143. The van der Waals surface area contributed by atoms with Crippen LogP contribution in [0.1, 0.15) is 0 Å². The van der Waals surface area contributed by atoms with Crippen molar-refractivity contribution in [1.29, 1.82) is 0 Å². The first kappa shape index (κ1) is 12.7. The Kier molecular flexibility index (Phi) is 2.76.